The summed E-state index contributed by atoms with van der Waals surface area (Å²) in [5, 5.41) is 11.9. The van der Waals surface area contributed by atoms with Gasteiger partial charge in [0.05, 0.1) is 11.8 Å². The molecule has 3 N–H and O–H groups in total. The summed E-state index contributed by atoms with van der Waals surface area (Å²) in [6.45, 7) is 2.44. The van der Waals surface area contributed by atoms with Crippen LogP contribution in [0.4, 0.5) is 0 Å². The Morgan fingerprint density at radius 1 is 1.44 bits per heavy atom. The highest BCUT2D eigenvalue weighted by Gasteiger charge is 2.40. The molecule has 0 aromatic carbocycles. The minimum absolute atomic E-state index is 0.145. The molecule has 5 heteroatoms. The number of hydrogen-bond donors (Lipinski definition) is 3. The molecule has 98 valence electrons. The Balaban J connectivity index is 1.93. The quantitative estimate of drug-likeness (QED) is 0.755. The van der Waals surface area contributed by atoms with Crippen molar-refractivity contribution in [2.75, 3.05) is 0 Å². The Labute approximate surface area is 106 Å². The Kier molecular flexibility index (Phi) is 3.69. The third-order valence-corrected chi connectivity index (χ3v) is 3.58. The molecule has 5 nitrogen and oxygen atoms in total. The van der Waals surface area contributed by atoms with Gasteiger partial charge in [-0.1, -0.05) is 6.92 Å². The van der Waals surface area contributed by atoms with Gasteiger partial charge >= 0.3 is 5.97 Å². The van der Waals surface area contributed by atoms with Crippen LogP contribution in [0.5, 0.6) is 0 Å². The maximum absolute atomic E-state index is 12.0. The number of nitrogens with one attached hydrogen (secondary N) is 2. The number of amides is 1. The average Bonchev–Trinajstić information content (AvgIpc) is 2.94. The lowest BCUT2D eigenvalue weighted by atomic mass is 9.95. The van der Waals surface area contributed by atoms with Gasteiger partial charge in [-0.2, -0.15) is 0 Å². The predicted molar refractivity (Wildman–Crippen MR) is 65.7 cm³/mol. The van der Waals surface area contributed by atoms with Crippen molar-refractivity contribution in [1.82, 2.24) is 10.3 Å². The van der Waals surface area contributed by atoms with E-state index >= 15 is 0 Å². The van der Waals surface area contributed by atoms with Gasteiger partial charge in [0.2, 0.25) is 5.91 Å². The second kappa shape index (κ2) is 5.25. The maximum atomic E-state index is 12.0. The minimum atomic E-state index is -0.860. The molecule has 18 heavy (non-hydrogen) atoms. The van der Waals surface area contributed by atoms with Gasteiger partial charge < -0.3 is 15.4 Å². The van der Waals surface area contributed by atoms with Gasteiger partial charge in [0.1, 0.15) is 0 Å². The molecule has 0 radical (unpaired) electrons. The lowest BCUT2D eigenvalue weighted by Crippen LogP contribution is -2.34. The van der Waals surface area contributed by atoms with E-state index in [4.69, 9.17) is 5.11 Å². The number of carbonyl (C=O) groups is 2. The van der Waals surface area contributed by atoms with Crippen LogP contribution >= 0.6 is 0 Å². The molecular weight excluding hydrogens is 232 g/mol. The zero-order valence-corrected chi connectivity index (χ0v) is 10.3. The number of aliphatic carboxylic acids is 1. The molecule has 1 fully saturated rings. The van der Waals surface area contributed by atoms with Crippen LogP contribution in [0.3, 0.4) is 0 Å². The largest absolute Gasteiger partial charge is 0.481 e. The smallest absolute Gasteiger partial charge is 0.307 e. The third kappa shape index (κ3) is 2.72. The van der Waals surface area contributed by atoms with Crippen LogP contribution in [0, 0.1) is 17.8 Å². The zero-order valence-electron chi connectivity index (χ0n) is 10.3. The molecule has 2 rings (SSSR count). The van der Waals surface area contributed by atoms with Crippen LogP contribution in [-0.4, -0.2) is 22.0 Å². The zero-order chi connectivity index (χ0) is 13.1. The van der Waals surface area contributed by atoms with E-state index in [0.29, 0.717) is 25.3 Å². The number of aromatic amines is 1. The average molecular weight is 250 g/mol. The fourth-order valence-electron chi connectivity index (χ4n) is 2.64. The fourth-order valence-corrected chi connectivity index (χ4v) is 2.64. The molecule has 0 spiro atoms. The molecule has 0 bridgehead atoms. The molecule has 3 atom stereocenters. The standard InChI is InChI=1S/C13H18N2O3/c1-8-4-10(11(5-8)13(17)18)12(16)15-7-9-2-3-14-6-9/h2-3,6,8,10-11,14H,4-5,7H2,1H3,(H,15,16)(H,17,18). The summed E-state index contributed by atoms with van der Waals surface area (Å²) in [6.07, 6.45) is 4.86. The number of carbonyl (C=O) groups excluding carboxylic acids is 1. The Bertz CT molecular complexity index is 427. The predicted octanol–water partition coefficient (Wildman–Crippen LogP) is 1.38. The number of rotatable bonds is 4. The maximum Gasteiger partial charge on any atom is 0.307 e. The minimum Gasteiger partial charge on any atom is -0.481 e. The number of H-pyrrole nitrogens is 1. The number of carboxylic acids is 1. The monoisotopic (exact) mass is 250 g/mol. The highest BCUT2D eigenvalue weighted by Crippen LogP contribution is 2.36. The van der Waals surface area contributed by atoms with Crippen molar-refractivity contribution in [3.8, 4) is 0 Å². The molecule has 1 heterocycles. The van der Waals surface area contributed by atoms with Crippen LogP contribution in [0.2, 0.25) is 0 Å². The van der Waals surface area contributed by atoms with E-state index in [9.17, 15) is 9.59 Å². The summed E-state index contributed by atoms with van der Waals surface area (Å²) >= 11 is 0. The Hall–Kier alpha value is -1.78. The van der Waals surface area contributed by atoms with E-state index in [1.165, 1.54) is 0 Å². The number of aromatic nitrogens is 1. The van der Waals surface area contributed by atoms with E-state index < -0.39 is 17.8 Å². The molecule has 3 unspecified atom stereocenters. The molecule has 1 amide bonds. The second-order valence-corrected chi connectivity index (χ2v) is 5.06. The first-order chi connectivity index (χ1) is 8.58. The van der Waals surface area contributed by atoms with E-state index in [2.05, 4.69) is 10.3 Å². The SMILES string of the molecule is CC1CC(C(=O)O)C(C(=O)NCc2cc[nH]c2)C1. The van der Waals surface area contributed by atoms with Crippen molar-refractivity contribution in [1.29, 1.82) is 0 Å². The van der Waals surface area contributed by atoms with Crippen LogP contribution in [-0.2, 0) is 16.1 Å². The molecular formula is C13H18N2O3. The van der Waals surface area contributed by atoms with E-state index in [0.717, 1.165) is 5.56 Å². The van der Waals surface area contributed by atoms with Gasteiger partial charge in [-0.3, -0.25) is 9.59 Å². The van der Waals surface area contributed by atoms with Crippen molar-refractivity contribution in [2.24, 2.45) is 17.8 Å². The second-order valence-electron chi connectivity index (χ2n) is 5.06. The fraction of sp³-hybridized carbons (Fsp3) is 0.538. The Morgan fingerprint density at radius 2 is 2.17 bits per heavy atom. The summed E-state index contributed by atoms with van der Waals surface area (Å²) in [4.78, 5) is 26.0. The molecule has 1 aromatic heterocycles. The molecule has 1 saturated carbocycles. The van der Waals surface area contributed by atoms with Gasteiger partial charge in [0.15, 0.2) is 0 Å². The lowest BCUT2D eigenvalue weighted by molar-refractivity contribution is -0.146. The first-order valence-electron chi connectivity index (χ1n) is 6.20. The third-order valence-electron chi connectivity index (χ3n) is 3.58. The summed E-state index contributed by atoms with van der Waals surface area (Å²) in [7, 11) is 0. The van der Waals surface area contributed by atoms with Crippen molar-refractivity contribution < 1.29 is 14.7 Å². The molecule has 0 saturated heterocycles. The molecule has 0 aliphatic heterocycles. The van der Waals surface area contributed by atoms with E-state index in [-0.39, 0.29) is 5.91 Å². The van der Waals surface area contributed by atoms with Gasteiger partial charge in [-0.25, -0.2) is 0 Å². The number of carboxylic acid groups (broad SMARTS) is 1. The van der Waals surface area contributed by atoms with Crippen LogP contribution in [0.25, 0.3) is 0 Å². The number of hydrogen-bond acceptors (Lipinski definition) is 2. The van der Waals surface area contributed by atoms with Crippen LogP contribution in [0.1, 0.15) is 25.3 Å². The lowest BCUT2D eigenvalue weighted by Gasteiger charge is -2.15. The van der Waals surface area contributed by atoms with Gasteiger partial charge in [0, 0.05) is 18.9 Å². The highest BCUT2D eigenvalue weighted by atomic mass is 16.4. The summed E-state index contributed by atoms with van der Waals surface area (Å²) < 4.78 is 0. The summed E-state index contributed by atoms with van der Waals surface area (Å²) in [5.41, 5.74) is 0.987. The van der Waals surface area contributed by atoms with E-state index in [1.807, 2.05) is 19.2 Å². The first kappa shape index (κ1) is 12.7. The normalized spacial score (nSPS) is 27.1. The summed E-state index contributed by atoms with van der Waals surface area (Å²) in [5.74, 6) is -1.63. The topological polar surface area (TPSA) is 82.2 Å². The van der Waals surface area contributed by atoms with Crippen LogP contribution < -0.4 is 5.32 Å². The van der Waals surface area contributed by atoms with Crippen molar-refractivity contribution >= 4 is 11.9 Å². The Morgan fingerprint density at radius 3 is 2.78 bits per heavy atom. The first-order valence-corrected chi connectivity index (χ1v) is 6.20. The van der Waals surface area contributed by atoms with Gasteiger partial charge in [-0.15, -0.1) is 0 Å². The summed E-state index contributed by atoms with van der Waals surface area (Å²) in [6, 6.07) is 1.88. The molecule has 1 aliphatic rings. The van der Waals surface area contributed by atoms with E-state index in [1.54, 1.807) is 6.20 Å². The highest BCUT2D eigenvalue weighted by molar-refractivity contribution is 5.85. The van der Waals surface area contributed by atoms with Crippen LogP contribution in [0.15, 0.2) is 18.5 Å². The molecule has 1 aromatic rings. The van der Waals surface area contributed by atoms with Crippen molar-refractivity contribution in [2.45, 2.75) is 26.3 Å². The van der Waals surface area contributed by atoms with Crippen molar-refractivity contribution in [3.63, 3.8) is 0 Å². The van der Waals surface area contributed by atoms with Gasteiger partial charge in [0.25, 0.3) is 0 Å². The van der Waals surface area contributed by atoms with Crippen molar-refractivity contribution in [3.05, 3.63) is 24.0 Å². The van der Waals surface area contributed by atoms with Gasteiger partial charge in [-0.05, 0) is 30.4 Å². The molecule has 1 aliphatic carbocycles.